The first-order chi connectivity index (χ1) is 10.1. The molecule has 1 aromatic rings. The Morgan fingerprint density at radius 1 is 1.29 bits per heavy atom. The van der Waals surface area contributed by atoms with Crippen molar-refractivity contribution in [3.05, 3.63) is 35.9 Å². The molecule has 0 radical (unpaired) electrons. The maximum absolute atomic E-state index is 12.4. The van der Waals surface area contributed by atoms with Crippen LogP contribution < -0.4 is 5.73 Å². The Morgan fingerprint density at radius 3 is 2.62 bits per heavy atom. The largest absolute Gasteiger partial charge is 0.334 e. The molecule has 21 heavy (non-hydrogen) atoms. The van der Waals surface area contributed by atoms with Crippen LogP contribution in [0.5, 0.6) is 0 Å². The molecule has 0 aromatic heterocycles. The van der Waals surface area contributed by atoms with Crippen molar-refractivity contribution < 1.29 is 4.79 Å². The molecule has 2 fully saturated rings. The molecule has 3 rings (SSSR count). The molecule has 4 heteroatoms. The van der Waals surface area contributed by atoms with Gasteiger partial charge >= 0.3 is 0 Å². The third-order valence-corrected chi connectivity index (χ3v) is 4.47. The summed E-state index contributed by atoms with van der Waals surface area (Å²) in [6.45, 7) is 4.81. The van der Waals surface area contributed by atoms with Crippen molar-refractivity contribution in [1.29, 1.82) is 0 Å². The van der Waals surface area contributed by atoms with E-state index in [0.717, 1.165) is 38.9 Å². The van der Waals surface area contributed by atoms with E-state index < -0.39 is 0 Å². The summed E-state index contributed by atoms with van der Waals surface area (Å²) in [6, 6.07) is 11.0. The Kier molecular flexibility index (Phi) is 4.27. The summed E-state index contributed by atoms with van der Waals surface area (Å²) >= 11 is 0. The van der Waals surface area contributed by atoms with Gasteiger partial charge < -0.3 is 10.6 Å². The maximum Gasteiger partial charge on any atom is 0.239 e. The van der Waals surface area contributed by atoms with Gasteiger partial charge in [-0.05, 0) is 31.7 Å². The Hall–Kier alpha value is -1.39. The van der Waals surface area contributed by atoms with Crippen molar-refractivity contribution in [2.75, 3.05) is 13.1 Å². The number of nitrogens with zero attached hydrogens (tertiary/aromatic N) is 2. The van der Waals surface area contributed by atoms with E-state index in [4.69, 9.17) is 5.73 Å². The van der Waals surface area contributed by atoms with E-state index in [-0.39, 0.29) is 11.9 Å². The number of nitrogens with two attached hydrogens (primary N) is 1. The molecule has 4 nitrogen and oxygen atoms in total. The molecule has 0 spiro atoms. The second-order valence-corrected chi connectivity index (χ2v) is 6.43. The molecule has 1 saturated carbocycles. The van der Waals surface area contributed by atoms with Crippen molar-refractivity contribution in [2.45, 2.75) is 50.9 Å². The zero-order valence-electron chi connectivity index (χ0n) is 12.7. The zero-order valence-corrected chi connectivity index (χ0v) is 12.7. The second-order valence-electron chi connectivity index (χ2n) is 6.43. The third-order valence-electron chi connectivity index (χ3n) is 4.47. The summed E-state index contributed by atoms with van der Waals surface area (Å²) in [5, 5.41) is 0. The van der Waals surface area contributed by atoms with Gasteiger partial charge in [0.25, 0.3) is 0 Å². The van der Waals surface area contributed by atoms with Crippen LogP contribution in [0, 0.1) is 0 Å². The van der Waals surface area contributed by atoms with E-state index in [9.17, 15) is 4.79 Å². The Morgan fingerprint density at radius 2 is 2.00 bits per heavy atom. The van der Waals surface area contributed by atoms with Gasteiger partial charge in [0.2, 0.25) is 5.91 Å². The van der Waals surface area contributed by atoms with Crippen LogP contribution in [0.3, 0.4) is 0 Å². The highest BCUT2D eigenvalue weighted by Crippen LogP contribution is 2.32. The van der Waals surface area contributed by atoms with Gasteiger partial charge in [0.15, 0.2) is 0 Å². The van der Waals surface area contributed by atoms with Crippen molar-refractivity contribution >= 4 is 5.91 Å². The number of carbonyl (C=O) groups is 1. The summed E-state index contributed by atoms with van der Waals surface area (Å²) in [7, 11) is 0. The molecule has 1 aromatic carbocycles. The van der Waals surface area contributed by atoms with E-state index in [1.54, 1.807) is 6.92 Å². The van der Waals surface area contributed by atoms with Crippen molar-refractivity contribution in [1.82, 2.24) is 9.80 Å². The summed E-state index contributed by atoms with van der Waals surface area (Å²) < 4.78 is 0. The van der Waals surface area contributed by atoms with Crippen molar-refractivity contribution in [3.63, 3.8) is 0 Å². The van der Waals surface area contributed by atoms with E-state index in [0.29, 0.717) is 12.1 Å². The van der Waals surface area contributed by atoms with E-state index in [1.165, 1.54) is 5.56 Å². The number of amides is 1. The molecule has 0 bridgehead atoms. The smallest absolute Gasteiger partial charge is 0.239 e. The highest BCUT2D eigenvalue weighted by atomic mass is 16.2. The molecule has 2 N–H and O–H groups in total. The number of benzene rings is 1. The number of hydrogen-bond acceptors (Lipinski definition) is 3. The predicted octanol–water partition coefficient (Wildman–Crippen LogP) is 1.60. The minimum absolute atomic E-state index is 0.129. The lowest BCUT2D eigenvalue weighted by Gasteiger charge is -2.30. The van der Waals surface area contributed by atoms with Crippen LogP contribution >= 0.6 is 0 Å². The fourth-order valence-electron chi connectivity index (χ4n) is 3.27. The first-order valence-corrected chi connectivity index (χ1v) is 7.99. The second kappa shape index (κ2) is 6.16. The van der Waals surface area contributed by atoms with Crippen LogP contribution in [-0.4, -0.2) is 46.9 Å². The maximum atomic E-state index is 12.4. The monoisotopic (exact) mass is 287 g/mol. The van der Waals surface area contributed by atoms with Gasteiger partial charge in [-0.25, -0.2) is 0 Å². The molecule has 1 aliphatic carbocycles. The molecule has 1 amide bonds. The Labute approximate surface area is 126 Å². The SMILES string of the molecule is CC(N)C(=O)N(C1CC1)C1CCN(Cc2ccccc2)C1. The van der Waals surface area contributed by atoms with Gasteiger partial charge in [0.05, 0.1) is 6.04 Å². The Bertz CT molecular complexity index is 484. The minimum Gasteiger partial charge on any atom is -0.334 e. The number of likely N-dealkylation sites (tertiary alicyclic amines) is 1. The standard InChI is InChI=1S/C17H25N3O/c1-13(18)17(21)20(15-7-8-15)16-9-10-19(12-16)11-14-5-3-2-4-6-14/h2-6,13,15-16H,7-12,18H2,1H3. The van der Waals surface area contributed by atoms with Crippen LogP contribution in [0.4, 0.5) is 0 Å². The van der Waals surface area contributed by atoms with Gasteiger partial charge in [-0.2, -0.15) is 0 Å². The fraction of sp³-hybridized carbons (Fsp3) is 0.588. The molecule has 2 aliphatic rings. The molecule has 1 aliphatic heterocycles. The number of carbonyl (C=O) groups excluding carboxylic acids is 1. The minimum atomic E-state index is -0.381. The topological polar surface area (TPSA) is 49.6 Å². The fourth-order valence-corrected chi connectivity index (χ4v) is 3.27. The molecule has 114 valence electrons. The van der Waals surface area contributed by atoms with Crippen molar-refractivity contribution in [2.24, 2.45) is 5.73 Å². The summed E-state index contributed by atoms with van der Waals surface area (Å²) in [5.74, 6) is 0.129. The average Bonchev–Trinajstić information content (AvgIpc) is 3.20. The lowest BCUT2D eigenvalue weighted by Crippen LogP contribution is -2.49. The molecular weight excluding hydrogens is 262 g/mol. The van der Waals surface area contributed by atoms with Crippen LogP contribution in [0.2, 0.25) is 0 Å². The lowest BCUT2D eigenvalue weighted by atomic mass is 10.1. The van der Waals surface area contributed by atoms with Gasteiger partial charge in [0, 0.05) is 31.7 Å². The summed E-state index contributed by atoms with van der Waals surface area (Å²) in [5.41, 5.74) is 7.17. The zero-order chi connectivity index (χ0) is 14.8. The molecule has 1 heterocycles. The molecule has 2 atom stereocenters. The molecular formula is C17H25N3O. The van der Waals surface area contributed by atoms with E-state index in [1.807, 2.05) is 6.07 Å². The molecule has 1 saturated heterocycles. The molecule has 2 unspecified atom stereocenters. The van der Waals surface area contributed by atoms with Gasteiger partial charge in [-0.3, -0.25) is 9.69 Å². The van der Waals surface area contributed by atoms with Crippen molar-refractivity contribution in [3.8, 4) is 0 Å². The van der Waals surface area contributed by atoms with Crippen LogP contribution in [-0.2, 0) is 11.3 Å². The first kappa shape index (κ1) is 14.5. The van der Waals surface area contributed by atoms with Gasteiger partial charge in [0.1, 0.15) is 0 Å². The quantitative estimate of drug-likeness (QED) is 0.895. The van der Waals surface area contributed by atoms with E-state index >= 15 is 0 Å². The highest BCUT2D eigenvalue weighted by molar-refractivity contribution is 5.82. The summed E-state index contributed by atoms with van der Waals surface area (Å²) in [6.07, 6.45) is 3.36. The third kappa shape index (κ3) is 3.44. The van der Waals surface area contributed by atoms with E-state index in [2.05, 4.69) is 34.1 Å². The number of rotatable bonds is 5. The lowest BCUT2D eigenvalue weighted by molar-refractivity contribution is -0.135. The predicted molar refractivity (Wildman–Crippen MR) is 83.6 cm³/mol. The number of hydrogen-bond donors (Lipinski definition) is 1. The summed E-state index contributed by atoms with van der Waals surface area (Å²) in [4.78, 5) is 16.9. The van der Waals surface area contributed by atoms with Gasteiger partial charge in [-0.15, -0.1) is 0 Å². The normalized spacial score (nSPS) is 24.0. The highest BCUT2D eigenvalue weighted by Gasteiger charge is 2.40. The van der Waals surface area contributed by atoms with Crippen LogP contribution in [0.25, 0.3) is 0 Å². The van der Waals surface area contributed by atoms with Crippen LogP contribution in [0.15, 0.2) is 30.3 Å². The van der Waals surface area contributed by atoms with Gasteiger partial charge in [-0.1, -0.05) is 30.3 Å². The Balaban J connectivity index is 1.61. The first-order valence-electron chi connectivity index (χ1n) is 7.99. The van der Waals surface area contributed by atoms with Crippen LogP contribution in [0.1, 0.15) is 31.7 Å². The average molecular weight is 287 g/mol.